The Hall–Kier alpha value is -0.850. The molecule has 0 N–H and O–H groups in total. The van der Waals surface area contributed by atoms with Gasteiger partial charge in [0.25, 0.3) is 0 Å². The highest BCUT2D eigenvalue weighted by molar-refractivity contribution is 7.48. The van der Waals surface area contributed by atoms with Gasteiger partial charge in [-0.3, -0.25) is 4.57 Å². The SMILES string of the molecule is C=CCc1ccccc1[PH](=O)OC(C)C. The molecule has 0 aliphatic rings. The first kappa shape index (κ1) is 12.2. The summed E-state index contributed by atoms with van der Waals surface area (Å²) in [6.07, 6.45) is 2.53. The summed E-state index contributed by atoms with van der Waals surface area (Å²) in [5.74, 6) is 0. The van der Waals surface area contributed by atoms with Crippen LogP contribution >= 0.6 is 8.03 Å². The molecule has 1 aromatic carbocycles. The Kier molecular flexibility index (Phi) is 4.80. The van der Waals surface area contributed by atoms with E-state index in [4.69, 9.17) is 4.52 Å². The van der Waals surface area contributed by atoms with E-state index < -0.39 is 8.03 Å². The van der Waals surface area contributed by atoms with E-state index in [0.717, 1.165) is 17.3 Å². The van der Waals surface area contributed by atoms with Crippen molar-refractivity contribution in [3.63, 3.8) is 0 Å². The van der Waals surface area contributed by atoms with Crippen molar-refractivity contribution in [1.29, 1.82) is 0 Å². The average molecular weight is 224 g/mol. The summed E-state index contributed by atoms with van der Waals surface area (Å²) in [4.78, 5) is 0. The van der Waals surface area contributed by atoms with Crippen molar-refractivity contribution >= 4 is 13.3 Å². The van der Waals surface area contributed by atoms with Gasteiger partial charge in [-0.05, 0) is 31.9 Å². The molecular weight excluding hydrogens is 207 g/mol. The maximum atomic E-state index is 11.9. The van der Waals surface area contributed by atoms with Crippen LogP contribution in [-0.4, -0.2) is 6.10 Å². The van der Waals surface area contributed by atoms with Crippen LogP contribution in [0.3, 0.4) is 0 Å². The molecule has 2 nitrogen and oxygen atoms in total. The Morgan fingerprint density at radius 3 is 2.73 bits per heavy atom. The lowest BCUT2D eigenvalue weighted by Gasteiger charge is -2.10. The normalized spacial score (nSPS) is 12.7. The monoisotopic (exact) mass is 224 g/mol. The first-order valence-electron chi connectivity index (χ1n) is 5.05. The molecule has 3 heteroatoms. The van der Waals surface area contributed by atoms with Crippen LogP contribution < -0.4 is 5.30 Å². The zero-order valence-electron chi connectivity index (χ0n) is 9.19. The molecule has 0 saturated carbocycles. The molecule has 0 amide bonds. The molecule has 0 bridgehead atoms. The molecule has 0 fully saturated rings. The van der Waals surface area contributed by atoms with Crippen molar-refractivity contribution in [3.8, 4) is 0 Å². The number of hydrogen-bond acceptors (Lipinski definition) is 2. The van der Waals surface area contributed by atoms with E-state index in [1.165, 1.54) is 0 Å². The maximum Gasteiger partial charge on any atom is 0.221 e. The highest BCUT2D eigenvalue weighted by Gasteiger charge is 2.09. The molecule has 0 heterocycles. The van der Waals surface area contributed by atoms with Crippen LogP contribution in [0.2, 0.25) is 0 Å². The highest BCUT2D eigenvalue weighted by Crippen LogP contribution is 2.25. The van der Waals surface area contributed by atoms with E-state index in [1.54, 1.807) is 0 Å². The summed E-state index contributed by atoms with van der Waals surface area (Å²) < 4.78 is 17.2. The summed E-state index contributed by atoms with van der Waals surface area (Å²) in [6, 6.07) is 7.65. The standard InChI is InChI=1S/C12H17O2P/c1-4-7-11-8-5-6-9-12(11)15(13)14-10(2)3/h4-6,8-10,15H,1,7H2,2-3H3. The lowest BCUT2D eigenvalue weighted by Crippen LogP contribution is -2.08. The fourth-order valence-electron chi connectivity index (χ4n) is 1.33. The average Bonchev–Trinajstić information content (AvgIpc) is 2.18. The van der Waals surface area contributed by atoms with Gasteiger partial charge < -0.3 is 4.52 Å². The lowest BCUT2D eigenvalue weighted by molar-refractivity contribution is 0.261. The molecule has 15 heavy (non-hydrogen) atoms. The first-order valence-corrected chi connectivity index (χ1v) is 6.36. The van der Waals surface area contributed by atoms with Crippen molar-refractivity contribution in [2.45, 2.75) is 26.4 Å². The van der Waals surface area contributed by atoms with Crippen molar-refractivity contribution < 1.29 is 9.09 Å². The molecule has 1 unspecified atom stereocenters. The van der Waals surface area contributed by atoms with Gasteiger partial charge in [0, 0.05) is 5.30 Å². The Morgan fingerprint density at radius 1 is 1.47 bits per heavy atom. The van der Waals surface area contributed by atoms with Gasteiger partial charge in [0.05, 0.1) is 6.10 Å². The van der Waals surface area contributed by atoms with Crippen LogP contribution in [-0.2, 0) is 15.5 Å². The van der Waals surface area contributed by atoms with E-state index >= 15 is 0 Å². The molecule has 0 spiro atoms. The van der Waals surface area contributed by atoms with E-state index in [9.17, 15) is 4.57 Å². The number of allylic oxidation sites excluding steroid dienone is 1. The fraction of sp³-hybridized carbons (Fsp3) is 0.333. The topological polar surface area (TPSA) is 26.3 Å². The van der Waals surface area contributed by atoms with Crippen LogP contribution in [0.1, 0.15) is 19.4 Å². The summed E-state index contributed by atoms with van der Waals surface area (Å²) in [7, 11) is -2.12. The van der Waals surface area contributed by atoms with Gasteiger partial charge in [-0.25, -0.2) is 0 Å². The van der Waals surface area contributed by atoms with Gasteiger partial charge in [0.15, 0.2) is 0 Å². The molecule has 0 aliphatic heterocycles. The number of hydrogen-bond donors (Lipinski definition) is 0. The van der Waals surface area contributed by atoms with Gasteiger partial charge in [0.1, 0.15) is 0 Å². The third-order valence-electron chi connectivity index (χ3n) is 1.94. The van der Waals surface area contributed by atoms with E-state index in [1.807, 2.05) is 44.2 Å². The minimum absolute atomic E-state index is 0.00632. The quantitative estimate of drug-likeness (QED) is 0.567. The molecule has 0 aliphatic carbocycles. The van der Waals surface area contributed by atoms with Crippen LogP contribution in [0.15, 0.2) is 36.9 Å². The van der Waals surface area contributed by atoms with Gasteiger partial charge in [-0.2, -0.15) is 0 Å². The summed E-state index contributed by atoms with van der Waals surface area (Å²) in [5.41, 5.74) is 1.04. The van der Waals surface area contributed by atoms with Crippen molar-refractivity contribution in [2.24, 2.45) is 0 Å². The molecule has 1 rings (SSSR count). The van der Waals surface area contributed by atoms with Gasteiger partial charge in [0.2, 0.25) is 8.03 Å². The van der Waals surface area contributed by atoms with Gasteiger partial charge >= 0.3 is 0 Å². The molecule has 1 atom stereocenters. The molecule has 82 valence electrons. The smallest absolute Gasteiger partial charge is 0.221 e. The summed E-state index contributed by atoms with van der Waals surface area (Å²) >= 11 is 0. The third kappa shape index (κ3) is 3.65. The molecule has 0 aromatic heterocycles. The molecule has 0 radical (unpaired) electrons. The third-order valence-corrected chi connectivity index (χ3v) is 3.56. The van der Waals surface area contributed by atoms with Crippen molar-refractivity contribution in [1.82, 2.24) is 0 Å². The fourth-order valence-corrected chi connectivity index (χ4v) is 2.57. The second kappa shape index (κ2) is 5.89. The van der Waals surface area contributed by atoms with E-state index in [-0.39, 0.29) is 6.10 Å². The minimum atomic E-state index is -2.12. The Morgan fingerprint density at radius 2 is 2.13 bits per heavy atom. The second-order valence-corrected chi connectivity index (χ2v) is 4.95. The number of rotatable bonds is 5. The largest absolute Gasteiger partial charge is 0.325 e. The Bertz CT molecular complexity index is 358. The number of benzene rings is 1. The van der Waals surface area contributed by atoms with Gasteiger partial charge in [-0.15, -0.1) is 6.58 Å². The maximum absolute atomic E-state index is 11.9. The predicted molar refractivity (Wildman–Crippen MR) is 65.2 cm³/mol. The van der Waals surface area contributed by atoms with Crippen LogP contribution in [0.4, 0.5) is 0 Å². The lowest BCUT2D eigenvalue weighted by atomic mass is 10.1. The Balaban J connectivity index is 2.91. The molecular formula is C12H17O2P. The second-order valence-electron chi connectivity index (χ2n) is 3.60. The predicted octanol–water partition coefficient (Wildman–Crippen LogP) is 2.94. The minimum Gasteiger partial charge on any atom is -0.325 e. The van der Waals surface area contributed by atoms with E-state index in [0.29, 0.717) is 0 Å². The van der Waals surface area contributed by atoms with Crippen LogP contribution in [0.5, 0.6) is 0 Å². The van der Waals surface area contributed by atoms with Gasteiger partial charge in [-0.1, -0.05) is 24.3 Å². The summed E-state index contributed by atoms with van der Waals surface area (Å²) in [6.45, 7) is 7.46. The zero-order chi connectivity index (χ0) is 11.3. The first-order chi connectivity index (χ1) is 7.15. The molecule has 1 aromatic rings. The zero-order valence-corrected chi connectivity index (χ0v) is 10.2. The Labute approximate surface area is 91.8 Å². The summed E-state index contributed by atoms with van der Waals surface area (Å²) in [5, 5.41) is 0.816. The molecule has 0 saturated heterocycles. The van der Waals surface area contributed by atoms with Crippen molar-refractivity contribution in [3.05, 3.63) is 42.5 Å². The van der Waals surface area contributed by atoms with Crippen LogP contribution in [0, 0.1) is 0 Å². The van der Waals surface area contributed by atoms with Crippen molar-refractivity contribution in [2.75, 3.05) is 0 Å². The van der Waals surface area contributed by atoms with E-state index in [2.05, 4.69) is 6.58 Å². The van der Waals surface area contributed by atoms with Crippen LogP contribution in [0.25, 0.3) is 0 Å². The highest BCUT2D eigenvalue weighted by atomic mass is 31.1.